The van der Waals surface area contributed by atoms with Crippen molar-refractivity contribution in [2.75, 3.05) is 20.3 Å². The first kappa shape index (κ1) is 22.2. The van der Waals surface area contributed by atoms with Crippen molar-refractivity contribution in [2.45, 2.75) is 63.8 Å². The largest absolute Gasteiger partial charge is 0.497 e. The molecule has 0 aromatic heterocycles. The Morgan fingerprint density at radius 3 is 2.42 bits per heavy atom. The van der Waals surface area contributed by atoms with Crippen LogP contribution in [0.15, 0.2) is 48.5 Å². The average molecular weight is 424 g/mol. The molecule has 166 valence electrons. The highest BCUT2D eigenvalue weighted by atomic mass is 16.6. The van der Waals surface area contributed by atoms with Crippen LogP contribution in [0.25, 0.3) is 0 Å². The molecule has 0 N–H and O–H groups in total. The summed E-state index contributed by atoms with van der Waals surface area (Å²) >= 11 is 0. The lowest BCUT2D eigenvalue weighted by Gasteiger charge is -2.41. The molecule has 0 bridgehead atoms. The average Bonchev–Trinajstić information content (AvgIpc) is 2.84. The van der Waals surface area contributed by atoms with Gasteiger partial charge in [0.05, 0.1) is 32.5 Å². The molecule has 2 heterocycles. The van der Waals surface area contributed by atoms with Crippen molar-refractivity contribution in [3.63, 3.8) is 0 Å². The van der Waals surface area contributed by atoms with E-state index in [1.807, 2.05) is 36.4 Å². The van der Waals surface area contributed by atoms with Gasteiger partial charge in [0.15, 0.2) is 0 Å². The Balaban J connectivity index is 1.27. The molecule has 2 saturated heterocycles. The monoisotopic (exact) mass is 424 g/mol. The van der Waals surface area contributed by atoms with Gasteiger partial charge in [-0.3, -0.25) is 0 Å². The van der Waals surface area contributed by atoms with Gasteiger partial charge in [0.25, 0.3) is 0 Å². The Hall–Kier alpha value is -2.02. The van der Waals surface area contributed by atoms with E-state index in [-0.39, 0.29) is 25.4 Å². The van der Waals surface area contributed by atoms with E-state index in [1.165, 1.54) is 24.8 Å². The van der Waals surface area contributed by atoms with Gasteiger partial charge in [0, 0.05) is 0 Å². The first-order chi connectivity index (χ1) is 15.3. The molecule has 0 radical (unpaired) electrons. The fourth-order valence-corrected chi connectivity index (χ4v) is 4.23. The minimum absolute atomic E-state index is 0.0390. The molecule has 2 aromatic rings. The Morgan fingerprint density at radius 2 is 1.68 bits per heavy atom. The first-order valence-corrected chi connectivity index (χ1v) is 11.6. The number of benzene rings is 2. The van der Waals surface area contributed by atoms with Gasteiger partial charge in [-0.2, -0.15) is 0 Å². The Bertz CT molecular complexity index is 795. The molecule has 0 aliphatic carbocycles. The van der Waals surface area contributed by atoms with Crippen LogP contribution in [0.2, 0.25) is 0 Å². The number of fused-ring (bicyclic) bond motifs is 1. The van der Waals surface area contributed by atoms with Gasteiger partial charge in [-0.05, 0) is 54.6 Å². The lowest BCUT2D eigenvalue weighted by Crippen LogP contribution is -2.54. The van der Waals surface area contributed by atoms with E-state index < -0.39 is 0 Å². The molecule has 2 aliphatic heterocycles. The van der Waals surface area contributed by atoms with E-state index in [2.05, 4.69) is 19.1 Å². The van der Waals surface area contributed by atoms with Gasteiger partial charge >= 0.3 is 7.12 Å². The maximum absolute atomic E-state index is 6.31. The van der Waals surface area contributed by atoms with Gasteiger partial charge in [-0.15, -0.1) is 0 Å². The summed E-state index contributed by atoms with van der Waals surface area (Å²) in [6, 6.07) is 16.2. The van der Waals surface area contributed by atoms with E-state index in [4.69, 9.17) is 23.5 Å². The molecule has 0 unspecified atom stereocenters. The highest BCUT2D eigenvalue weighted by Crippen LogP contribution is 2.35. The third-order valence-corrected chi connectivity index (χ3v) is 6.08. The van der Waals surface area contributed by atoms with Crippen molar-refractivity contribution in [1.82, 2.24) is 0 Å². The highest BCUT2D eigenvalue weighted by molar-refractivity contribution is 6.61. The van der Waals surface area contributed by atoms with Gasteiger partial charge in [0.1, 0.15) is 17.6 Å². The summed E-state index contributed by atoms with van der Waals surface area (Å²) in [6.07, 6.45) is 6.82. The van der Waals surface area contributed by atoms with Gasteiger partial charge < -0.3 is 23.5 Å². The minimum Gasteiger partial charge on any atom is -0.497 e. The maximum atomic E-state index is 6.31. The van der Waals surface area contributed by atoms with E-state index >= 15 is 0 Å². The van der Waals surface area contributed by atoms with Crippen LogP contribution in [0.4, 0.5) is 0 Å². The van der Waals surface area contributed by atoms with Crippen LogP contribution in [0.5, 0.6) is 11.5 Å². The number of hydrogen-bond donors (Lipinski definition) is 0. The second-order valence-electron chi connectivity index (χ2n) is 8.33. The van der Waals surface area contributed by atoms with Crippen LogP contribution in [-0.4, -0.2) is 39.6 Å². The van der Waals surface area contributed by atoms with E-state index in [1.54, 1.807) is 7.11 Å². The van der Waals surface area contributed by atoms with Gasteiger partial charge in [-0.1, -0.05) is 50.5 Å². The molecular weight excluding hydrogens is 391 g/mol. The number of ether oxygens (including phenoxy) is 3. The predicted molar refractivity (Wildman–Crippen MR) is 122 cm³/mol. The summed E-state index contributed by atoms with van der Waals surface area (Å²) in [5.41, 5.74) is 2.20. The second kappa shape index (κ2) is 11.0. The summed E-state index contributed by atoms with van der Waals surface area (Å²) in [5.74, 6) is 1.76. The highest BCUT2D eigenvalue weighted by Gasteiger charge is 2.41. The summed E-state index contributed by atoms with van der Waals surface area (Å²) < 4.78 is 29.7. The van der Waals surface area contributed by atoms with Crippen molar-refractivity contribution < 1.29 is 23.5 Å². The fourth-order valence-electron chi connectivity index (χ4n) is 4.23. The Labute approximate surface area is 186 Å². The molecule has 5 nitrogen and oxygen atoms in total. The van der Waals surface area contributed by atoms with Crippen molar-refractivity contribution >= 4 is 12.6 Å². The van der Waals surface area contributed by atoms with Crippen LogP contribution in [0.3, 0.4) is 0 Å². The summed E-state index contributed by atoms with van der Waals surface area (Å²) in [6.45, 7) is 3.53. The third-order valence-electron chi connectivity index (χ3n) is 6.08. The van der Waals surface area contributed by atoms with Crippen molar-refractivity contribution in [1.29, 1.82) is 0 Å². The van der Waals surface area contributed by atoms with Gasteiger partial charge in [0.2, 0.25) is 0 Å². The molecule has 0 saturated carbocycles. The van der Waals surface area contributed by atoms with Crippen molar-refractivity contribution in [3.8, 4) is 11.5 Å². The van der Waals surface area contributed by atoms with Crippen LogP contribution in [-0.2, 0) is 14.0 Å². The van der Waals surface area contributed by atoms with E-state index in [9.17, 15) is 0 Å². The van der Waals surface area contributed by atoms with Crippen molar-refractivity contribution in [2.24, 2.45) is 0 Å². The van der Waals surface area contributed by atoms with E-state index in [0.717, 1.165) is 42.8 Å². The zero-order chi connectivity index (χ0) is 21.5. The van der Waals surface area contributed by atoms with Crippen LogP contribution in [0.1, 0.15) is 57.1 Å². The lowest BCUT2D eigenvalue weighted by atomic mass is 9.76. The molecule has 2 fully saturated rings. The first-order valence-electron chi connectivity index (χ1n) is 11.6. The number of unbranched alkanes of at least 4 members (excludes halogenated alkanes) is 3. The molecule has 0 spiro atoms. The summed E-state index contributed by atoms with van der Waals surface area (Å²) in [4.78, 5) is 0. The van der Waals surface area contributed by atoms with Crippen LogP contribution < -0.4 is 14.9 Å². The topological polar surface area (TPSA) is 46.2 Å². The van der Waals surface area contributed by atoms with Crippen LogP contribution in [0, 0.1) is 0 Å². The molecule has 6 heteroatoms. The molecule has 3 atom stereocenters. The quantitative estimate of drug-likeness (QED) is 0.432. The standard InChI is InChI=1S/C25H33BO5/c1-3-4-5-6-17-28-22-13-9-20(10-14-22)26-29-18-25-24(31-26)16-15-23(30-25)19-7-11-21(27-2)12-8-19/h7-14,23-25H,3-6,15-18H2,1-2H3/t23-,24+,25-/m1/s1. The second-order valence-corrected chi connectivity index (χ2v) is 8.33. The summed E-state index contributed by atoms with van der Waals surface area (Å²) in [7, 11) is 1.33. The molecule has 2 aliphatic rings. The molecule has 4 rings (SSSR count). The molecule has 0 amide bonds. The number of methoxy groups -OCH3 is 1. The minimum atomic E-state index is -0.346. The van der Waals surface area contributed by atoms with Gasteiger partial charge in [-0.25, -0.2) is 0 Å². The summed E-state index contributed by atoms with van der Waals surface area (Å²) in [5, 5.41) is 0. The van der Waals surface area contributed by atoms with E-state index in [0.29, 0.717) is 6.61 Å². The predicted octanol–water partition coefficient (Wildman–Crippen LogP) is 4.69. The molecular formula is C25H33BO5. The zero-order valence-corrected chi connectivity index (χ0v) is 18.6. The normalized spacial score (nSPS) is 23.3. The SMILES string of the molecule is CCCCCCOc1ccc(B2OC[C@H]3O[C@@H](c4ccc(OC)cc4)CC[C@@H]3O2)cc1. The fraction of sp³-hybridized carbons (Fsp3) is 0.520. The maximum Gasteiger partial charge on any atom is 0.494 e. The Morgan fingerprint density at radius 1 is 0.903 bits per heavy atom. The number of hydrogen-bond acceptors (Lipinski definition) is 5. The third kappa shape index (κ3) is 5.82. The smallest absolute Gasteiger partial charge is 0.494 e. The van der Waals surface area contributed by atoms with Crippen LogP contribution >= 0.6 is 0 Å². The lowest BCUT2D eigenvalue weighted by molar-refractivity contribution is -0.150. The molecule has 31 heavy (non-hydrogen) atoms. The zero-order valence-electron chi connectivity index (χ0n) is 18.6. The molecule has 2 aromatic carbocycles. The Kier molecular flexibility index (Phi) is 7.89. The number of rotatable bonds is 9. The van der Waals surface area contributed by atoms with Crippen molar-refractivity contribution in [3.05, 3.63) is 54.1 Å².